The maximum absolute atomic E-state index is 12.4. The van der Waals surface area contributed by atoms with Gasteiger partial charge < -0.3 is 68.5 Å². The van der Waals surface area contributed by atoms with Crippen LogP contribution in [0.4, 0.5) is 0 Å². The fraction of sp³-hybridized carbons (Fsp3) is 0.432. The quantitative estimate of drug-likeness (QED) is 0.104. The number of phenols is 3. The number of ether oxygens (including phenoxy) is 8. The molecule has 15 nitrogen and oxygen atoms in total. The summed E-state index contributed by atoms with van der Waals surface area (Å²) in [5, 5.41) is 62.6. The molecule has 0 aromatic heterocycles. The van der Waals surface area contributed by atoms with Crippen LogP contribution in [0.1, 0.15) is 22.8 Å². The van der Waals surface area contributed by atoms with Crippen LogP contribution in [0.25, 0.3) is 6.08 Å². The van der Waals surface area contributed by atoms with Crippen LogP contribution >= 0.6 is 0 Å². The molecule has 6 N–H and O–H groups in total. The lowest BCUT2D eigenvalue weighted by molar-refractivity contribution is -0.304. The lowest BCUT2D eigenvalue weighted by atomic mass is 9.84. The largest absolute Gasteiger partial charge is 0.508 e. The summed E-state index contributed by atoms with van der Waals surface area (Å²) in [6, 6.07) is 12.8. The third-order valence-corrected chi connectivity index (χ3v) is 9.17. The number of aliphatic hydroxyl groups is 3. The van der Waals surface area contributed by atoms with Crippen molar-refractivity contribution in [3.8, 4) is 40.2 Å². The first-order valence-electron chi connectivity index (χ1n) is 16.4. The van der Waals surface area contributed by atoms with Gasteiger partial charge in [0.25, 0.3) is 0 Å². The molecule has 8 atom stereocenters. The molecule has 282 valence electrons. The molecule has 2 saturated heterocycles. The molecule has 2 aliphatic heterocycles. The molecule has 2 aliphatic rings. The maximum atomic E-state index is 12.4. The highest BCUT2D eigenvalue weighted by atomic mass is 16.7. The number of hydrogen-bond donors (Lipinski definition) is 6. The Morgan fingerprint density at radius 1 is 0.788 bits per heavy atom. The third kappa shape index (κ3) is 8.63. The topological polar surface area (TPSA) is 212 Å². The highest BCUT2D eigenvalue weighted by Crippen LogP contribution is 2.47. The van der Waals surface area contributed by atoms with E-state index >= 15 is 0 Å². The lowest BCUT2D eigenvalue weighted by Gasteiger charge is -2.40. The molecule has 0 radical (unpaired) electrons. The van der Waals surface area contributed by atoms with Crippen molar-refractivity contribution in [2.45, 2.75) is 43.2 Å². The highest BCUT2D eigenvalue weighted by Gasteiger charge is 2.46. The van der Waals surface area contributed by atoms with Gasteiger partial charge in [0.15, 0.2) is 29.3 Å². The Labute approximate surface area is 300 Å². The van der Waals surface area contributed by atoms with E-state index in [0.29, 0.717) is 17.5 Å². The van der Waals surface area contributed by atoms with Crippen LogP contribution in [0.15, 0.2) is 54.6 Å². The standard InChI is InChI=1S/C37H44O15/c1-45-25-12-20(13-26(46-2)31(25)40)11-22-16-50-36(21-14-27(47-3)32(41)28(15-21)48-4)24(22)17-51-37-35(44)34(43)33(42)29(52-37)18-49-30(39)10-7-19-5-8-23(38)9-6-19/h5-10,12-15,22,24,29,33-38,40-44H,11,16-18H2,1-4H3. The van der Waals surface area contributed by atoms with Gasteiger partial charge in [-0.3, -0.25) is 0 Å². The summed E-state index contributed by atoms with van der Waals surface area (Å²) in [4.78, 5) is 12.4. The Morgan fingerprint density at radius 3 is 1.94 bits per heavy atom. The number of hydrogen-bond acceptors (Lipinski definition) is 15. The van der Waals surface area contributed by atoms with Gasteiger partial charge in [-0.1, -0.05) is 12.1 Å². The second-order valence-corrected chi connectivity index (χ2v) is 12.4. The van der Waals surface area contributed by atoms with E-state index in [4.69, 9.17) is 37.9 Å². The van der Waals surface area contributed by atoms with Gasteiger partial charge >= 0.3 is 5.97 Å². The Hall–Kier alpha value is -4.77. The van der Waals surface area contributed by atoms with E-state index in [2.05, 4.69) is 0 Å². The molecule has 15 heteroatoms. The van der Waals surface area contributed by atoms with Crippen molar-refractivity contribution in [1.82, 2.24) is 0 Å². The average molecular weight is 729 g/mol. The molecule has 0 spiro atoms. The molecule has 0 saturated carbocycles. The minimum atomic E-state index is -1.69. The van der Waals surface area contributed by atoms with Crippen LogP contribution in [-0.4, -0.2) is 116 Å². The van der Waals surface area contributed by atoms with Gasteiger partial charge in [0.1, 0.15) is 36.8 Å². The number of methoxy groups -OCH3 is 4. The number of carbonyl (C=O) groups is 1. The molecular formula is C37H44O15. The molecule has 2 heterocycles. The van der Waals surface area contributed by atoms with Gasteiger partial charge in [0.2, 0.25) is 11.5 Å². The molecule has 3 aromatic carbocycles. The number of esters is 1. The van der Waals surface area contributed by atoms with E-state index in [-0.39, 0.29) is 59.4 Å². The van der Waals surface area contributed by atoms with Crippen molar-refractivity contribution < 1.29 is 73.3 Å². The van der Waals surface area contributed by atoms with Gasteiger partial charge in [-0.05, 0) is 71.5 Å². The summed E-state index contributed by atoms with van der Waals surface area (Å²) in [6.45, 7) is -0.292. The van der Waals surface area contributed by atoms with Gasteiger partial charge in [0, 0.05) is 12.0 Å². The third-order valence-electron chi connectivity index (χ3n) is 9.17. The van der Waals surface area contributed by atoms with Crippen molar-refractivity contribution in [3.05, 3.63) is 71.3 Å². The molecule has 0 amide bonds. The Balaban J connectivity index is 1.34. The number of phenolic OH excluding ortho intramolecular Hbond substituents is 3. The average Bonchev–Trinajstić information content (AvgIpc) is 3.55. The van der Waals surface area contributed by atoms with Crippen molar-refractivity contribution >= 4 is 12.0 Å². The lowest BCUT2D eigenvalue weighted by Crippen LogP contribution is -2.59. The summed E-state index contributed by atoms with van der Waals surface area (Å²) >= 11 is 0. The molecule has 2 fully saturated rings. The number of aliphatic hydroxyl groups excluding tert-OH is 3. The predicted octanol–water partition coefficient (Wildman–Crippen LogP) is 2.47. The van der Waals surface area contributed by atoms with Crippen molar-refractivity contribution in [3.63, 3.8) is 0 Å². The van der Waals surface area contributed by atoms with Gasteiger partial charge in [-0.25, -0.2) is 4.79 Å². The van der Waals surface area contributed by atoms with Crippen molar-refractivity contribution in [2.24, 2.45) is 11.8 Å². The summed E-state index contributed by atoms with van der Waals surface area (Å²) < 4.78 is 44.9. The zero-order chi connectivity index (χ0) is 37.5. The second-order valence-electron chi connectivity index (χ2n) is 12.4. The minimum absolute atomic E-state index is 0.0756. The molecule has 0 bridgehead atoms. The first kappa shape index (κ1) is 38.5. The number of carbonyl (C=O) groups excluding carboxylic acids is 1. The normalized spacial score (nSPS) is 25.9. The highest BCUT2D eigenvalue weighted by molar-refractivity contribution is 5.87. The maximum Gasteiger partial charge on any atom is 0.330 e. The van der Waals surface area contributed by atoms with E-state index in [1.54, 1.807) is 36.4 Å². The fourth-order valence-corrected chi connectivity index (χ4v) is 6.31. The van der Waals surface area contributed by atoms with E-state index in [1.807, 2.05) is 0 Å². The monoisotopic (exact) mass is 728 g/mol. The van der Waals surface area contributed by atoms with E-state index < -0.39 is 55.3 Å². The van der Waals surface area contributed by atoms with Crippen LogP contribution in [0, 0.1) is 11.8 Å². The zero-order valence-electron chi connectivity index (χ0n) is 29.1. The molecule has 52 heavy (non-hydrogen) atoms. The SMILES string of the molecule is COc1cc(CC2COC(c3cc(OC)c(O)c(OC)c3)C2COC2OC(COC(=O)C=Cc3ccc(O)cc3)C(O)C(O)C2O)cc(OC)c1O. The molecule has 8 unspecified atom stereocenters. The Kier molecular flexibility index (Phi) is 12.7. The van der Waals surface area contributed by atoms with Crippen molar-refractivity contribution in [2.75, 3.05) is 48.3 Å². The Morgan fingerprint density at radius 2 is 1.37 bits per heavy atom. The molecule has 3 aromatic rings. The van der Waals surface area contributed by atoms with E-state index in [9.17, 15) is 35.4 Å². The zero-order valence-corrected chi connectivity index (χ0v) is 29.1. The summed E-state index contributed by atoms with van der Waals surface area (Å²) in [7, 11) is 5.67. The van der Waals surface area contributed by atoms with Crippen LogP contribution < -0.4 is 18.9 Å². The molecule has 5 rings (SSSR count). The van der Waals surface area contributed by atoms with E-state index in [0.717, 1.165) is 11.6 Å². The number of aromatic hydroxyl groups is 3. The molecular weight excluding hydrogens is 684 g/mol. The smallest absolute Gasteiger partial charge is 0.330 e. The first-order chi connectivity index (χ1) is 25.0. The van der Waals surface area contributed by atoms with Crippen LogP contribution in [0.5, 0.6) is 40.2 Å². The molecule has 0 aliphatic carbocycles. The summed E-state index contributed by atoms with van der Waals surface area (Å²) in [6.07, 6.45) is -5.22. The van der Waals surface area contributed by atoms with Crippen LogP contribution in [0.2, 0.25) is 0 Å². The van der Waals surface area contributed by atoms with Gasteiger partial charge in [-0.2, -0.15) is 0 Å². The summed E-state index contributed by atoms with van der Waals surface area (Å²) in [5.41, 5.74) is 2.01. The van der Waals surface area contributed by atoms with E-state index in [1.165, 1.54) is 46.6 Å². The van der Waals surface area contributed by atoms with Crippen LogP contribution in [-0.2, 0) is 30.2 Å². The van der Waals surface area contributed by atoms with Gasteiger partial charge in [-0.15, -0.1) is 0 Å². The second kappa shape index (κ2) is 17.2. The number of benzene rings is 3. The minimum Gasteiger partial charge on any atom is -0.508 e. The first-order valence-corrected chi connectivity index (χ1v) is 16.4. The summed E-state index contributed by atoms with van der Waals surface area (Å²) in [5.74, 6) is -0.916. The number of rotatable bonds is 14. The predicted molar refractivity (Wildman–Crippen MR) is 183 cm³/mol. The van der Waals surface area contributed by atoms with Gasteiger partial charge in [0.05, 0.1) is 47.8 Å². The van der Waals surface area contributed by atoms with Crippen molar-refractivity contribution in [1.29, 1.82) is 0 Å². The fourth-order valence-electron chi connectivity index (χ4n) is 6.31. The Bertz CT molecular complexity index is 1640. The van der Waals surface area contributed by atoms with Crippen LogP contribution in [0.3, 0.4) is 0 Å².